The summed E-state index contributed by atoms with van der Waals surface area (Å²) in [6.07, 6.45) is 1.83. The molecule has 2 aromatic rings. The van der Waals surface area contributed by atoms with E-state index in [0.717, 1.165) is 36.9 Å². The Balaban J connectivity index is 1.65. The summed E-state index contributed by atoms with van der Waals surface area (Å²) in [6, 6.07) is 12.2. The second-order valence-corrected chi connectivity index (χ2v) is 5.79. The van der Waals surface area contributed by atoms with E-state index in [9.17, 15) is 0 Å². The summed E-state index contributed by atoms with van der Waals surface area (Å²) in [5.74, 6) is 0.457. The number of rotatable bonds is 3. The number of hydrogen-bond donors (Lipinski definition) is 0. The molecule has 0 atom stereocenters. The van der Waals surface area contributed by atoms with Crippen molar-refractivity contribution in [3.8, 4) is 0 Å². The average Bonchev–Trinajstić information content (AvgIpc) is 2.56. The maximum Gasteiger partial charge on any atom is 0.0648 e. The Morgan fingerprint density at radius 1 is 0.905 bits per heavy atom. The van der Waals surface area contributed by atoms with Gasteiger partial charge in [-0.25, -0.2) is 0 Å². The number of benzene rings is 1. The van der Waals surface area contributed by atoms with E-state index in [1.54, 1.807) is 0 Å². The van der Waals surface area contributed by atoms with Crippen LogP contribution in [-0.2, 0) is 5.88 Å². The standard InChI is InChI=1S/C16H17Cl2N3/c17-12-14-11-16(5-6-19-14)21-9-7-20(8-10-21)15-3-1-13(18)2-4-15/h1-6,11H,7-10,12H2. The SMILES string of the molecule is ClCc1cc(N2CCN(c3ccc(Cl)cc3)CC2)ccn1. The van der Waals surface area contributed by atoms with Crippen molar-refractivity contribution in [2.75, 3.05) is 36.0 Å². The number of pyridine rings is 1. The molecule has 1 saturated heterocycles. The van der Waals surface area contributed by atoms with Crippen molar-refractivity contribution in [3.63, 3.8) is 0 Å². The van der Waals surface area contributed by atoms with Crippen molar-refractivity contribution >= 4 is 34.6 Å². The van der Waals surface area contributed by atoms with Crippen LogP contribution in [-0.4, -0.2) is 31.2 Å². The number of aromatic nitrogens is 1. The number of alkyl halides is 1. The van der Waals surface area contributed by atoms with Crippen molar-refractivity contribution < 1.29 is 0 Å². The van der Waals surface area contributed by atoms with Gasteiger partial charge in [0.1, 0.15) is 0 Å². The van der Waals surface area contributed by atoms with Crippen LogP contribution in [0.25, 0.3) is 0 Å². The molecule has 0 radical (unpaired) electrons. The molecule has 1 fully saturated rings. The molecule has 3 nitrogen and oxygen atoms in total. The topological polar surface area (TPSA) is 19.4 Å². The minimum atomic E-state index is 0.457. The van der Waals surface area contributed by atoms with Crippen LogP contribution < -0.4 is 9.80 Å². The molecule has 21 heavy (non-hydrogen) atoms. The second-order valence-electron chi connectivity index (χ2n) is 5.09. The predicted molar refractivity (Wildman–Crippen MR) is 89.7 cm³/mol. The van der Waals surface area contributed by atoms with Gasteiger partial charge in [-0.15, -0.1) is 11.6 Å². The molecular weight excluding hydrogens is 305 g/mol. The molecule has 1 aromatic heterocycles. The van der Waals surface area contributed by atoms with E-state index in [1.165, 1.54) is 11.4 Å². The molecule has 110 valence electrons. The van der Waals surface area contributed by atoms with Crippen LogP contribution in [0.2, 0.25) is 5.02 Å². The van der Waals surface area contributed by atoms with Gasteiger partial charge in [-0.3, -0.25) is 4.98 Å². The van der Waals surface area contributed by atoms with Gasteiger partial charge in [0.15, 0.2) is 0 Å². The fourth-order valence-corrected chi connectivity index (χ4v) is 2.88. The van der Waals surface area contributed by atoms with Crippen LogP contribution >= 0.6 is 23.2 Å². The van der Waals surface area contributed by atoms with Gasteiger partial charge in [-0.05, 0) is 36.4 Å². The summed E-state index contributed by atoms with van der Waals surface area (Å²) < 4.78 is 0. The normalized spacial score (nSPS) is 15.3. The van der Waals surface area contributed by atoms with Gasteiger partial charge in [-0.2, -0.15) is 0 Å². The first-order valence-electron chi connectivity index (χ1n) is 7.02. The molecule has 1 aromatic carbocycles. The van der Waals surface area contributed by atoms with Gasteiger partial charge in [0.25, 0.3) is 0 Å². The quantitative estimate of drug-likeness (QED) is 0.801. The highest BCUT2D eigenvalue weighted by Crippen LogP contribution is 2.22. The fraction of sp³-hybridized carbons (Fsp3) is 0.312. The van der Waals surface area contributed by atoms with Crippen molar-refractivity contribution in [1.82, 2.24) is 4.98 Å². The van der Waals surface area contributed by atoms with E-state index in [2.05, 4.69) is 33.0 Å². The lowest BCUT2D eigenvalue weighted by Gasteiger charge is -2.37. The molecule has 1 aliphatic rings. The molecule has 3 rings (SSSR count). The largest absolute Gasteiger partial charge is 0.368 e. The number of hydrogen-bond acceptors (Lipinski definition) is 3. The third-order valence-corrected chi connectivity index (χ3v) is 4.30. The predicted octanol–water partition coefficient (Wildman–Crippen LogP) is 3.80. The van der Waals surface area contributed by atoms with Crippen LogP contribution in [0.5, 0.6) is 0 Å². The summed E-state index contributed by atoms with van der Waals surface area (Å²) in [4.78, 5) is 9.01. The average molecular weight is 322 g/mol. The molecule has 0 aliphatic carbocycles. The number of halogens is 2. The molecule has 1 aliphatic heterocycles. The Labute approximate surface area is 135 Å². The highest BCUT2D eigenvalue weighted by molar-refractivity contribution is 6.30. The van der Waals surface area contributed by atoms with Gasteiger partial charge < -0.3 is 9.80 Å². The molecule has 2 heterocycles. The van der Waals surface area contributed by atoms with Gasteiger partial charge in [0, 0.05) is 48.8 Å². The van der Waals surface area contributed by atoms with Crippen LogP contribution in [0, 0.1) is 0 Å². The maximum atomic E-state index is 5.94. The Hall–Kier alpha value is -1.45. The molecule has 5 heteroatoms. The van der Waals surface area contributed by atoms with E-state index in [-0.39, 0.29) is 0 Å². The minimum absolute atomic E-state index is 0.457. The highest BCUT2D eigenvalue weighted by atomic mass is 35.5. The summed E-state index contributed by atoms with van der Waals surface area (Å²) >= 11 is 11.8. The lowest BCUT2D eigenvalue weighted by molar-refractivity contribution is 0.653. The Morgan fingerprint density at radius 3 is 2.14 bits per heavy atom. The first-order valence-corrected chi connectivity index (χ1v) is 7.94. The third-order valence-electron chi connectivity index (χ3n) is 3.77. The van der Waals surface area contributed by atoms with Crippen molar-refractivity contribution in [1.29, 1.82) is 0 Å². The van der Waals surface area contributed by atoms with E-state index >= 15 is 0 Å². The molecule has 0 saturated carbocycles. The first kappa shape index (κ1) is 14.5. The van der Waals surface area contributed by atoms with Crippen molar-refractivity contribution in [2.24, 2.45) is 0 Å². The lowest BCUT2D eigenvalue weighted by atomic mass is 10.2. The highest BCUT2D eigenvalue weighted by Gasteiger charge is 2.17. The lowest BCUT2D eigenvalue weighted by Crippen LogP contribution is -2.46. The number of nitrogens with zero attached hydrogens (tertiary/aromatic N) is 3. The van der Waals surface area contributed by atoms with Crippen molar-refractivity contribution in [3.05, 3.63) is 53.3 Å². The Bertz CT molecular complexity index is 593. The Kier molecular flexibility index (Phi) is 4.51. The van der Waals surface area contributed by atoms with E-state index in [4.69, 9.17) is 23.2 Å². The smallest absolute Gasteiger partial charge is 0.0648 e. The van der Waals surface area contributed by atoms with Crippen LogP contribution in [0.15, 0.2) is 42.6 Å². The molecule has 0 unspecified atom stereocenters. The van der Waals surface area contributed by atoms with Crippen molar-refractivity contribution in [2.45, 2.75) is 5.88 Å². The van der Waals surface area contributed by atoms with Gasteiger partial charge in [0.05, 0.1) is 11.6 Å². The summed E-state index contributed by atoms with van der Waals surface area (Å²) in [5.41, 5.74) is 3.36. The van der Waals surface area contributed by atoms with Crippen LogP contribution in [0.4, 0.5) is 11.4 Å². The van der Waals surface area contributed by atoms with Gasteiger partial charge in [-0.1, -0.05) is 11.6 Å². The van der Waals surface area contributed by atoms with E-state index < -0.39 is 0 Å². The van der Waals surface area contributed by atoms with Gasteiger partial charge >= 0.3 is 0 Å². The van der Waals surface area contributed by atoms with E-state index in [1.807, 2.05) is 24.4 Å². The number of anilines is 2. The zero-order valence-electron chi connectivity index (χ0n) is 11.7. The fourth-order valence-electron chi connectivity index (χ4n) is 2.61. The van der Waals surface area contributed by atoms with Crippen LogP contribution in [0.1, 0.15) is 5.69 Å². The maximum absolute atomic E-state index is 5.94. The van der Waals surface area contributed by atoms with Gasteiger partial charge in [0.2, 0.25) is 0 Å². The second kappa shape index (κ2) is 6.54. The monoisotopic (exact) mass is 321 g/mol. The zero-order chi connectivity index (χ0) is 14.7. The van der Waals surface area contributed by atoms with Crippen LogP contribution in [0.3, 0.4) is 0 Å². The molecular formula is C16H17Cl2N3. The summed E-state index contributed by atoms with van der Waals surface area (Å²) in [7, 11) is 0. The number of piperazine rings is 1. The van der Waals surface area contributed by atoms with E-state index in [0.29, 0.717) is 5.88 Å². The zero-order valence-corrected chi connectivity index (χ0v) is 13.2. The first-order chi connectivity index (χ1) is 10.3. The molecule has 0 bridgehead atoms. The summed E-state index contributed by atoms with van der Waals surface area (Å²) in [6.45, 7) is 3.99. The Morgan fingerprint density at radius 2 is 1.52 bits per heavy atom. The molecule has 0 spiro atoms. The summed E-state index contributed by atoms with van der Waals surface area (Å²) in [5, 5.41) is 0.780. The molecule has 0 amide bonds. The molecule has 0 N–H and O–H groups in total. The third kappa shape index (κ3) is 3.42. The minimum Gasteiger partial charge on any atom is -0.368 e.